The minimum atomic E-state index is -5.24. The predicted molar refractivity (Wildman–Crippen MR) is 146 cm³/mol. The van der Waals surface area contributed by atoms with Crippen molar-refractivity contribution < 1.29 is 55.5 Å². The smallest absolute Gasteiger partial charge is 0.382 e. The molecule has 7 rings (SSSR count). The van der Waals surface area contributed by atoms with E-state index in [0.29, 0.717) is 0 Å². The Hall–Kier alpha value is -3.50. The molecular formula is C21H24F2N10O11P2. The van der Waals surface area contributed by atoms with Crippen LogP contribution in [0.5, 0.6) is 0 Å². The van der Waals surface area contributed by atoms with Gasteiger partial charge in [0.05, 0.1) is 25.9 Å². The molecule has 7 N–H and O–H groups in total. The lowest BCUT2D eigenvalue weighted by atomic mass is 10.1. The first kappa shape index (κ1) is 31.1. The highest BCUT2D eigenvalue weighted by Gasteiger charge is 2.53. The molecule has 4 unspecified atom stereocenters. The van der Waals surface area contributed by atoms with Crippen LogP contribution in [0.15, 0.2) is 23.8 Å². The highest BCUT2D eigenvalue weighted by atomic mass is 31.2. The van der Waals surface area contributed by atoms with E-state index in [1.807, 2.05) is 0 Å². The van der Waals surface area contributed by atoms with Crippen LogP contribution in [0, 0.1) is 0 Å². The number of hydrogen-bond donors (Lipinski definition) is 5. The number of halogens is 2. The summed E-state index contributed by atoms with van der Waals surface area (Å²) in [6.07, 6.45) is -12.1. The van der Waals surface area contributed by atoms with Gasteiger partial charge in [-0.2, -0.15) is 4.98 Å². The van der Waals surface area contributed by atoms with Gasteiger partial charge in [-0.1, -0.05) is 0 Å². The van der Waals surface area contributed by atoms with E-state index in [1.54, 1.807) is 0 Å². The van der Waals surface area contributed by atoms with Crippen LogP contribution in [0.1, 0.15) is 12.5 Å². The van der Waals surface area contributed by atoms with Gasteiger partial charge in [-0.05, 0) is 0 Å². The first-order valence-corrected chi connectivity index (χ1v) is 16.6. The summed E-state index contributed by atoms with van der Waals surface area (Å²) in [4.78, 5) is 55.5. The van der Waals surface area contributed by atoms with Gasteiger partial charge in [0.2, 0.25) is 5.95 Å². The van der Waals surface area contributed by atoms with Crippen molar-refractivity contribution in [2.75, 3.05) is 31.0 Å². The monoisotopic (exact) mass is 692 g/mol. The summed E-state index contributed by atoms with van der Waals surface area (Å²) in [6, 6.07) is 0. The lowest BCUT2D eigenvalue weighted by Crippen LogP contribution is -2.33. The summed E-state index contributed by atoms with van der Waals surface area (Å²) in [5.74, 6) is -0.320. The number of ether oxygens (including phenoxy) is 3. The van der Waals surface area contributed by atoms with Gasteiger partial charge < -0.3 is 40.0 Å². The molecule has 0 aromatic carbocycles. The fourth-order valence-electron chi connectivity index (χ4n) is 5.34. The predicted octanol–water partition coefficient (Wildman–Crippen LogP) is -0.345. The van der Waals surface area contributed by atoms with Gasteiger partial charge in [0.1, 0.15) is 42.6 Å². The van der Waals surface area contributed by atoms with Crippen LogP contribution in [-0.2, 0) is 36.9 Å². The Morgan fingerprint density at radius 3 is 2.26 bits per heavy atom. The summed E-state index contributed by atoms with van der Waals surface area (Å²) in [5.41, 5.74) is 10.5. The minimum absolute atomic E-state index is 0.00745. The van der Waals surface area contributed by atoms with E-state index in [0.717, 1.165) is 17.2 Å². The maximum atomic E-state index is 15.8. The van der Waals surface area contributed by atoms with Crippen molar-refractivity contribution in [3.63, 3.8) is 0 Å². The molecule has 4 aromatic rings. The molecule has 21 nitrogen and oxygen atoms in total. The number of H-pyrrole nitrogens is 1. The topological polar surface area (TPSA) is 289 Å². The molecule has 3 aliphatic rings. The minimum Gasteiger partial charge on any atom is -0.382 e. The van der Waals surface area contributed by atoms with Crippen LogP contribution in [0.25, 0.3) is 22.3 Å². The zero-order valence-corrected chi connectivity index (χ0v) is 24.8. The first-order chi connectivity index (χ1) is 21.8. The Morgan fingerprint density at radius 2 is 1.52 bits per heavy atom. The van der Waals surface area contributed by atoms with E-state index in [4.69, 9.17) is 39.2 Å². The maximum Gasteiger partial charge on any atom is 0.472 e. The van der Waals surface area contributed by atoms with Crippen LogP contribution in [0.4, 0.5) is 20.5 Å². The summed E-state index contributed by atoms with van der Waals surface area (Å²) in [7, 11) is -9.98. The second-order valence-corrected chi connectivity index (χ2v) is 13.6. The van der Waals surface area contributed by atoms with E-state index >= 15 is 8.78 Å². The molecular weight excluding hydrogens is 668 g/mol. The zero-order valence-electron chi connectivity index (χ0n) is 23.0. The molecule has 3 fully saturated rings. The van der Waals surface area contributed by atoms with Gasteiger partial charge in [-0.3, -0.25) is 32.5 Å². The van der Waals surface area contributed by atoms with Gasteiger partial charge in [-0.15, -0.1) is 0 Å². The van der Waals surface area contributed by atoms with E-state index in [1.165, 1.54) is 10.9 Å². The van der Waals surface area contributed by atoms with Gasteiger partial charge >= 0.3 is 15.4 Å². The Bertz CT molecular complexity index is 1960. The van der Waals surface area contributed by atoms with Crippen molar-refractivity contribution in [2.24, 2.45) is 0 Å². The summed E-state index contributed by atoms with van der Waals surface area (Å²) >= 11 is 0. The number of aromatic nitrogens is 8. The highest BCUT2D eigenvalue weighted by Crippen LogP contribution is 2.52. The Balaban J connectivity index is 1.21. The number of nitrogen functional groups attached to an aromatic ring is 2. The van der Waals surface area contributed by atoms with Crippen molar-refractivity contribution in [1.29, 1.82) is 0 Å². The molecule has 3 aliphatic heterocycles. The normalized spacial score (nSPS) is 37.4. The third-order valence-electron chi connectivity index (χ3n) is 7.44. The number of phosphoric acid groups is 1. The summed E-state index contributed by atoms with van der Waals surface area (Å²) < 4.78 is 92.1. The zero-order chi connectivity index (χ0) is 32.5. The van der Waals surface area contributed by atoms with Crippen LogP contribution in [0.3, 0.4) is 0 Å². The van der Waals surface area contributed by atoms with E-state index < -0.39 is 89.8 Å². The van der Waals surface area contributed by atoms with Crippen LogP contribution < -0.4 is 17.0 Å². The van der Waals surface area contributed by atoms with Crippen molar-refractivity contribution in [1.82, 2.24) is 39.0 Å². The van der Waals surface area contributed by atoms with Gasteiger partial charge in [0, 0.05) is 0 Å². The highest BCUT2D eigenvalue weighted by molar-refractivity contribution is 7.52. The molecule has 0 aliphatic carbocycles. The lowest BCUT2D eigenvalue weighted by molar-refractivity contribution is -0.0654. The second-order valence-electron chi connectivity index (χ2n) is 10.4. The number of nitrogens with two attached hydrogens (primary N) is 2. The number of nitrogens with one attached hydrogen (secondary N) is 1. The number of aromatic amines is 1. The van der Waals surface area contributed by atoms with Crippen LogP contribution in [0.2, 0.25) is 0 Å². The van der Waals surface area contributed by atoms with Gasteiger partial charge in [0.25, 0.3) is 5.56 Å². The molecule has 0 saturated carbocycles. The molecule has 0 radical (unpaired) electrons. The van der Waals surface area contributed by atoms with E-state index in [9.17, 15) is 23.7 Å². The van der Waals surface area contributed by atoms with Crippen molar-refractivity contribution in [3.05, 3.63) is 29.3 Å². The van der Waals surface area contributed by atoms with Crippen molar-refractivity contribution in [2.45, 2.75) is 49.2 Å². The van der Waals surface area contributed by atoms with E-state index in [2.05, 4.69) is 29.9 Å². The number of phosphoric ester groups is 1. The molecule has 3 saturated heterocycles. The number of imidazole rings is 2. The Kier molecular flexibility index (Phi) is 7.67. The van der Waals surface area contributed by atoms with Gasteiger partial charge in [0.15, 0.2) is 47.4 Å². The number of rotatable bonds is 2. The number of hydrogen-bond acceptors (Lipinski definition) is 16. The number of alkyl halides is 2. The quantitative estimate of drug-likeness (QED) is 0.168. The fraction of sp³-hybridized carbons (Fsp3) is 0.524. The molecule has 4 bridgehead atoms. The SMILES string of the molecule is Nc1nc2c(ncn2[C@@H]2O[C@@H]3COP(=O)(O)COC4[C@@H](F)[C@@H](COP(=O)(O)OC2[C@H]3F)O[C@H]4n2cnc3c(N)ncnc32)c(=O)[nH]1. The Morgan fingerprint density at radius 1 is 0.891 bits per heavy atom. The number of nitrogens with zero attached hydrogens (tertiary/aromatic N) is 7. The molecule has 25 heteroatoms. The summed E-state index contributed by atoms with van der Waals surface area (Å²) in [6.45, 7) is -1.83. The molecule has 4 aromatic heterocycles. The molecule has 0 amide bonds. The van der Waals surface area contributed by atoms with Crippen molar-refractivity contribution in [3.8, 4) is 0 Å². The summed E-state index contributed by atoms with van der Waals surface area (Å²) in [5, 5.41) is 0. The third-order valence-corrected chi connectivity index (χ3v) is 9.46. The molecule has 10 atom stereocenters. The van der Waals surface area contributed by atoms with Gasteiger partial charge in [-0.25, -0.2) is 33.3 Å². The largest absolute Gasteiger partial charge is 0.472 e. The Labute approximate surface area is 253 Å². The molecule has 248 valence electrons. The molecule has 7 heterocycles. The standard InChI is InChI=1S/C21H24F2N10O11P2/c22-9-8-2-41-46(37,38)44-14-10(23)7(43-20(14)33-5-29-12-17(33)30-21(25)31-18(12)34)1-40-45(35,36)6-39-13(9)19(42-8)32-4-28-11-15(24)26-3-27-16(11)32/h3-5,7-10,13-14,19-20H,1-2,6H2,(H,35,36)(H,37,38)(H2,24,26,27)(H3,25,30,31,34)/t7-,8-,9+,10+,13?,14?,19-,20-/m1/s1. The van der Waals surface area contributed by atoms with E-state index in [-0.39, 0.29) is 34.1 Å². The first-order valence-electron chi connectivity index (χ1n) is 13.3. The van der Waals surface area contributed by atoms with Crippen molar-refractivity contribution >= 4 is 49.5 Å². The average Bonchev–Trinajstić information content (AvgIpc) is 3.75. The molecule has 0 spiro atoms. The molecule has 46 heavy (non-hydrogen) atoms. The maximum absolute atomic E-state index is 15.8. The fourth-order valence-corrected chi connectivity index (χ4v) is 7.08. The van der Waals surface area contributed by atoms with Crippen LogP contribution in [-0.4, -0.2) is 105 Å². The number of fused-ring (bicyclic) bond motifs is 6. The lowest BCUT2D eigenvalue weighted by Gasteiger charge is -2.24. The average molecular weight is 692 g/mol. The third kappa shape index (κ3) is 5.47. The second kappa shape index (κ2) is 11.3. The number of anilines is 2. The van der Waals surface area contributed by atoms with Crippen LogP contribution >= 0.6 is 15.4 Å².